The Labute approximate surface area is 73.4 Å². The van der Waals surface area contributed by atoms with Crippen molar-refractivity contribution in [2.75, 3.05) is 0 Å². The van der Waals surface area contributed by atoms with E-state index in [0.717, 1.165) is 12.6 Å². The average Bonchev–Trinajstić information content (AvgIpc) is 2.74. The second-order valence-electron chi connectivity index (χ2n) is 3.58. The molecule has 1 aliphatic rings. The molecule has 0 spiro atoms. The van der Waals surface area contributed by atoms with Crippen molar-refractivity contribution in [3.63, 3.8) is 0 Å². The predicted molar refractivity (Wildman–Crippen MR) is 49.9 cm³/mol. The van der Waals surface area contributed by atoms with E-state index in [-0.39, 0.29) is 0 Å². The molecule has 66 valence electrons. The van der Waals surface area contributed by atoms with E-state index in [2.05, 4.69) is 22.6 Å². The Morgan fingerprint density at radius 3 is 2.92 bits per heavy atom. The van der Waals surface area contributed by atoms with Crippen LogP contribution in [0.4, 0.5) is 0 Å². The topological polar surface area (TPSA) is 27.8 Å². The molecule has 2 rings (SSSR count). The summed E-state index contributed by atoms with van der Waals surface area (Å²) in [5, 5.41) is 3.56. The number of nitrogens with one attached hydrogen (secondary N) is 2. The van der Waals surface area contributed by atoms with Crippen LogP contribution in [0.3, 0.4) is 0 Å². The molecule has 0 atom stereocenters. The van der Waals surface area contributed by atoms with Crippen LogP contribution in [0, 0.1) is 0 Å². The maximum Gasteiger partial charge on any atom is 0.0223 e. The minimum absolute atomic E-state index is 0.778. The fraction of sp³-hybridized carbons (Fsp3) is 0.600. The summed E-state index contributed by atoms with van der Waals surface area (Å²) < 4.78 is 0. The Bertz CT molecular complexity index is 210. The van der Waals surface area contributed by atoms with Crippen LogP contribution in [0.15, 0.2) is 18.5 Å². The Morgan fingerprint density at radius 1 is 1.42 bits per heavy atom. The second kappa shape index (κ2) is 3.76. The quantitative estimate of drug-likeness (QED) is 0.703. The first-order valence-electron chi connectivity index (χ1n) is 4.80. The Kier molecular flexibility index (Phi) is 2.47. The molecule has 0 saturated heterocycles. The molecule has 2 nitrogen and oxygen atoms in total. The average molecular weight is 164 g/mol. The monoisotopic (exact) mass is 164 g/mol. The van der Waals surface area contributed by atoms with Crippen LogP contribution >= 0.6 is 0 Å². The van der Waals surface area contributed by atoms with Gasteiger partial charge in [0.25, 0.3) is 0 Å². The van der Waals surface area contributed by atoms with Gasteiger partial charge < -0.3 is 10.3 Å². The summed E-state index contributed by atoms with van der Waals surface area (Å²) in [6, 6.07) is 2.90. The largest absolute Gasteiger partial charge is 0.367 e. The summed E-state index contributed by atoms with van der Waals surface area (Å²) >= 11 is 0. The van der Waals surface area contributed by atoms with Crippen molar-refractivity contribution in [3.05, 3.63) is 24.0 Å². The lowest BCUT2D eigenvalue weighted by Gasteiger charge is -2.09. The van der Waals surface area contributed by atoms with Crippen molar-refractivity contribution in [1.82, 2.24) is 10.3 Å². The smallest absolute Gasteiger partial charge is 0.0223 e. The van der Waals surface area contributed by atoms with Gasteiger partial charge in [-0.05, 0) is 24.5 Å². The van der Waals surface area contributed by atoms with Gasteiger partial charge in [0.2, 0.25) is 0 Å². The number of rotatable bonds is 3. The molecule has 0 unspecified atom stereocenters. The van der Waals surface area contributed by atoms with E-state index < -0.39 is 0 Å². The second-order valence-corrected chi connectivity index (χ2v) is 3.58. The molecular formula is C10H16N2. The van der Waals surface area contributed by atoms with Gasteiger partial charge in [-0.1, -0.05) is 12.8 Å². The van der Waals surface area contributed by atoms with Gasteiger partial charge in [0.1, 0.15) is 0 Å². The van der Waals surface area contributed by atoms with Crippen LogP contribution in [-0.2, 0) is 6.54 Å². The standard InChI is InChI=1S/C10H16N2/c1-2-4-10(3-1)12-8-9-5-6-11-7-9/h5-7,10-12H,1-4,8H2. The van der Waals surface area contributed by atoms with Gasteiger partial charge in [-0.3, -0.25) is 0 Å². The van der Waals surface area contributed by atoms with Gasteiger partial charge in [0, 0.05) is 25.0 Å². The number of aromatic amines is 1. The molecule has 0 amide bonds. The highest BCUT2D eigenvalue weighted by Crippen LogP contribution is 2.17. The molecule has 1 saturated carbocycles. The van der Waals surface area contributed by atoms with E-state index in [0.29, 0.717) is 0 Å². The van der Waals surface area contributed by atoms with Crippen LogP contribution in [0.25, 0.3) is 0 Å². The summed E-state index contributed by atoms with van der Waals surface area (Å²) in [5.41, 5.74) is 1.36. The van der Waals surface area contributed by atoms with Gasteiger partial charge in [0.15, 0.2) is 0 Å². The molecular weight excluding hydrogens is 148 g/mol. The van der Waals surface area contributed by atoms with Crippen LogP contribution in [0.2, 0.25) is 0 Å². The molecule has 12 heavy (non-hydrogen) atoms. The molecule has 0 radical (unpaired) electrons. The molecule has 0 bridgehead atoms. The first-order chi connectivity index (χ1) is 5.95. The summed E-state index contributed by atoms with van der Waals surface area (Å²) in [5.74, 6) is 0. The molecule has 1 aromatic rings. The zero-order chi connectivity index (χ0) is 8.23. The molecule has 1 heterocycles. The number of aromatic nitrogens is 1. The van der Waals surface area contributed by atoms with Gasteiger partial charge >= 0.3 is 0 Å². The number of hydrogen-bond acceptors (Lipinski definition) is 1. The van der Waals surface area contributed by atoms with Crippen LogP contribution in [0.1, 0.15) is 31.2 Å². The fourth-order valence-corrected chi connectivity index (χ4v) is 1.86. The number of H-pyrrole nitrogens is 1. The highest BCUT2D eigenvalue weighted by atomic mass is 14.9. The Hall–Kier alpha value is -0.760. The summed E-state index contributed by atoms with van der Waals surface area (Å²) in [6.45, 7) is 1.02. The zero-order valence-corrected chi connectivity index (χ0v) is 7.34. The van der Waals surface area contributed by atoms with E-state index in [1.807, 2.05) is 6.20 Å². The molecule has 1 aliphatic carbocycles. The first kappa shape index (κ1) is 7.87. The van der Waals surface area contributed by atoms with E-state index in [1.165, 1.54) is 31.2 Å². The van der Waals surface area contributed by atoms with E-state index in [1.54, 1.807) is 0 Å². The minimum Gasteiger partial charge on any atom is -0.367 e. The third-order valence-corrected chi connectivity index (χ3v) is 2.61. The molecule has 0 aliphatic heterocycles. The molecule has 1 aromatic heterocycles. The van der Waals surface area contributed by atoms with Crippen LogP contribution in [0.5, 0.6) is 0 Å². The fourth-order valence-electron chi connectivity index (χ4n) is 1.86. The van der Waals surface area contributed by atoms with Gasteiger partial charge in [-0.15, -0.1) is 0 Å². The zero-order valence-electron chi connectivity index (χ0n) is 7.34. The lowest BCUT2D eigenvalue weighted by atomic mass is 10.2. The van der Waals surface area contributed by atoms with Crippen molar-refractivity contribution < 1.29 is 0 Å². The van der Waals surface area contributed by atoms with Gasteiger partial charge in [-0.25, -0.2) is 0 Å². The Morgan fingerprint density at radius 2 is 2.25 bits per heavy atom. The summed E-state index contributed by atoms with van der Waals surface area (Å²) in [6.07, 6.45) is 9.58. The molecule has 0 aromatic carbocycles. The van der Waals surface area contributed by atoms with Crippen LogP contribution < -0.4 is 5.32 Å². The van der Waals surface area contributed by atoms with E-state index in [9.17, 15) is 0 Å². The maximum atomic E-state index is 3.56. The highest BCUT2D eigenvalue weighted by molar-refractivity contribution is 5.07. The third kappa shape index (κ3) is 1.89. The van der Waals surface area contributed by atoms with E-state index in [4.69, 9.17) is 0 Å². The van der Waals surface area contributed by atoms with Gasteiger partial charge in [-0.2, -0.15) is 0 Å². The Balaban J connectivity index is 1.74. The van der Waals surface area contributed by atoms with Gasteiger partial charge in [0.05, 0.1) is 0 Å². The summed E-state index contributed by atoms with van der Waals surface area (Å²) in [4.78, 5) is 3.07. The van der Waals surface area contributed by atoms with Crippen LogP contribution in [-0.4, -0.2) is 11.0 Å². The first-order valence-corrected chi connectivity index (χ1v) is 4.80. The lowest BCUT2D eigenvalue weighted by Crippen LogP contribution is -2.24. The SMILES string of the molecule is c1cc(CNC2CCCC2)c[nH]1. The lowest BCUT2D eigenvalue weighted by molar-refractivity contribution is 0.524. The minimum atomic E-state index is 0.778. The van der Waals surface area contributed by atoms with Crippen molar-refractivity contribution in [2.24, 2.45) is 0 Å². The number of hydrogen-bond donors (Lipinski definition) is 2. The van der Waals surface area contributed by atoms with E-state index >= 15 is 0 Å². The van der Waals surface area contributed by atoms with Crippen molar-refractivity contribution in [2.45, 2.75) is 38.3 Å². The predicted octanol–water partition coefficient (Wildman–Crippen LogP) is 2.05. The maximum absolute atomic E-state index is 3.56. The molecule has 2 N–H and O–H groups in total. The summed E-state index contributed by atoms with van der Waals surface area (Å²) in [7, 11) is 0. The molecule has 2 heteroatoms. The van der Waals surface area contributed by atoms with Crippen molar-refractivity contribution in [1.29, 1.82) is 0 Å². The van der Waals surface area contributed by atoms with Crippen molar-refractivity contribution >= 4 is 0 Å². The highest BCUT2D eigenvalue weighted by Gasteiger charge is 2.13. The normalized spacial score (nSPS) is 18.7. The molecule has 1 fully saturated rings. The third-order valence-electron chi connectivity index (χ3n) is 2.61. The van der Waals surface area contributed by atoms with Crippen molar-refractivity contribution in [3.8, 4) is 0 Å².